The highest BCUT2D eigenvalue weighted by molar-refractivity contribution is 6.04. The van der Waals surface area contributed by atoms with Gasteiger partial charge >= 0.3 is 0 Å². The van der Waals surface area contributed by atoms with Crippen molar-refractivity contribution in [3.05, 3.63) is 249 Å². The molecule has 286 valence electrons. The van der Waals surface area contributed by atoms with Gasteiger partial charge in [0.15, 0.2) is 0 Å². The largest absolute Gasteiger partial charge is 0.310 e. The molecule has 0 aliphatic heterocycles. The van der Waals surface area contributed by atoms with E-state index in [1.165, 1.54) is 4.90 Å². The topological polar surface area (TPSA) is 3.24 Å². The van der Waals surface area contributed by atoms with Gasteiger partial charge in [-0.2, -0.15) is 0 Å². The third-order valence-electron chi connectivity index (χ3n) is 11.4. The fourth-order valence-electron chi connectivity index (χ4n) is 8.28. The van der Waals surface area contributed by atoms with Crippen LogP contribution in [0.25, 0.3) is 88.0 Å². The zero-order chi connectivity index (χ0) is 47.5. The fraction of sp³-hybridized carbons (Fsp3) is 0. The van der Waals surface area contributed by atoms with Crippen molar-refractivity contribution < 1.29 is 11.0 Å². The number of fused-ring (bicyclic) bond motifs is 3. The van der Waals surface area contributed by atoms with Crippen molar-refractivity contribution in [1.82, 2.24) is 0 Å². The van der Waals surface area contributed by atoms with Gasteiger partial charge in [-0.15, -0.1) is 0 Å². The van der Waals surface area contributed by atoms with Crippen LogP contribution in [0.3, 0.4) is 0 Å². The SMILES string of the molecule is [2H]c1c([2H])c(-c2ccc3ccccc3c2)c([2H])c(N(c2ccc(-c3c(-c4ccccc4)ccc4ccccc34)cc2)c2c([2H])c([2H])c(-c3ccc(-c4ccc5ccccc5c4)cc3)c([2H])c2[2H])c1[2H]. The van der Waals surface area contributed by atoms with Crippen molar-refractivity contribution in [3.63, 3.8) is 0 Å². The summed E-state index contributed by atoms with van der Waals surface area (Å²) in [4.78, 5) is 1.41. The van der Waals surface area contributed by atoms with Crippen LogP contribution in [0, 0.1) is 0 Å². The van der Waals surface area contributed by atoms with E-state index in [1.54, 1.807) is 30.3 Å². The van der Waals surface area contributed by atoms with Crippen LogP contribution in [-0.4, -0.2) is 0 Å². The predicted octanol–water partition coefficient (Wildman–Crippen LogP) is 17.0. The number of hydrogen-bond donors (Lipinski definition) is 0. The minimum atomic E-state index is -0.454. The minimum absolute atomic E-state index is 0.107. The first-order valence-electron chi connectivity index (χ1n) is 24.3. The highest BCUT2D eigenvalue weighted by Crippen LogP contribution is 2.42. The van der Waals surface area contributed by atoms with E-state index in [0.29, 0.717) is 16.8 Å². The van der Waals surface area contributed by atoms with Crippen LogP contribution in [0.5, 0.6) is 0 Å². The van der Waals surface area contributed by atoms with E-state index in [2.05, 4.69) is 66.7 Å². The molecule has 0 saturated heterocycles. The normalized spacial score (nSPS) is 13.1. The summed E-state index contributed by atoms with van der Waals surface area (Å²) >= 11 is 0. The van der Waals surface area contributed by atoms with Gasteiger partial charge in [0.1, 0.15) is 0 Å². The Bertz CT molecular complexity index is 3790. The molecule has 1 nitrogen and oxygen atoms in total. The van der Waals surface area contributed by atoms with Crippen molar-refractivity contribution in [2.45, 2.75) is 0 Å². The van der Waals surface area contributed by atoms with Crippen LogP contribution in [0.15, 0.2) is 249 Å². The van der Waals surface area contributed by atoms with Gasteiger partial charge in [-0.25, -0.2) is 0 Å². The average Bonchev–Trinajstić information content (AvgIpc) is 3.39. The Morgan fingerprint density at radius 3 is 1.49 bits per heavy atom. The zero-order valence-electron chi connectivity index (χ0n) is 41.0. The van der Waals surface area contributed by atoms with Gasteiger partial charge in [-0.05, 0) is 136 Å². The molecular weight excluding hydrogens is 735 g/mol. The Morgan fingerprint density at radius 1 is 0.295 bits per heavy atom. The summed E-state index contributed by atoms with van der Waals surface area (Å²) in [7, 11) is 0. The van der Waals surface area contributed by atoms with E-state index in [4.69, 9.17) is 1.37 Å². The monoisotopic (exact) mass is 783 g/mol. The molecule has 0 amide bonds. The molecule has 0 saturated carbocycles. The summed E-state index contributed by atoms with van der Waals surface area (Å²) in [6.07, 6.45) is 0. The second-order valence-electron chi connectivity index (χ2n) is 15.1. The van der Waals surface area contributed by atoms with Gasteiger partial charge in [0, 0.05) is 17.1 Å². The lowest BCUT2D eigenvalue weighted by Gasteiger charge is -2.27. The number of benzene rings is 11. The van der Waals surface area contributed by atoms with Crippen molar-refractivity contribution in [3.8, 4) is 55.6 Å². The summed E-state index contributed by atoms with van der Waals surface area (Å²) in [6, 6.07) is 62.2. The first-order chi connectivity index (χ1) is 33.6. The maximum Gasteiger partial charge on any atom is 0.0651 e. The van der Waals surface area contributed by atoms with E-state index in [1.807, 2.05) is 103 Å². The van der Waals surface area contributed by atoms with Gasteiger partial charge in [0.05, 0.1) is 11.0 Å². The third-order valence-corrected chi connectivity index (χ3v) is 11.4. The Kier molecular flexibility index (Phi) is 7.29. The summed E-state index contributed by atoms with van der Waals surface area (Å²) in [5.41, 5.74) is 7.08. The molecule has 61 heavy (non-hydrogen) atoms. The second-order valence-corrected chi connectivity index (χ2v) is 15.1. The lowest BCUT2D eigenvalue weighted by molar-refractivity contribution is 1.28. The quantitative estimate of drug-likeness (QED) is 0.148. The van der Waals surface area contributed by atoms with Crippen molar-refractivity contribution >= 4 is 49.4 Å². The minimum Gasteiger partial charge on any atom is -0.310 e. The van der Waals surface area contributed by atoms with Crippen molar-refractivity contribution in [1.29, 1.82) is 0 Å². The second kappa shape index (κ2) is 15.6. The van der Waals surface area contributed by atoms with E-state index in [9.17, 15) is 9.60 Å². The lowest BCUT2D eigenvalue weighted by Crippen LogP contribution is -2.10. The molecule has 0 bridgehead atoms. The molecule has 0 radical (unpaired) electrons. The highest BCUT2D eigenvalue weighted by Gasteiger charge is 2.17. The Morgan fingerprint density at radius 2 is 0.820 bits per heavy atom. The van der Waals surface area contributed by atoms with E-state index < -0.39 is 12.1 Å². The molecule has 0 spiro atoms. The molecule has 11 aromatic carbocycles. The summed E-state index contributed by atoms with van der Waals surface area (Å²) in [5, 5.41) is 6.15. The number of rotatable bonds is 8. The molecule has 0 aliphatic rings. The predicted molar refractivity (Wildman–Crippen MR) is 261 cm³/mol. The summed E-state index contributed by atoms with van der Waals surface area (Å²) in [6.45, 7) is 0. The highest BCUT2D eigenvalue weighted by atomic mass is 15.1. The first kappa shape index (κ1) is 28.4. The van der Waals surface area contributed by atoms with Crippen LogP contribution >= 0.6 is 0 Å². The average molecular weight is 784 g/mol. The van der Waals surface area contributed by atoms with Crippen LogP contribution in [-0.2, 0) is 0 Å². The molecular formula is C60H41N. The van der Waals surface area contributed by atoms with Crippen molar-refractivity contribution in [2.75, 3.05) is 4.90 Å². The molecule has 0 N–H and O–H groups in total. The molecule has 0 fully saturated rings. The van der Waals surface area contributed by atoms with E-state index in [-0.39, 0.29) is 58.8 Å². The molecule has 1 heteroatoms. The van der Waals surface area contributed by atoms with Crippen molar-refractivity contribution in [2.24, 2.45) is 0 Å². The Labute approximate surface area is 368 Å². The number of nitrogens with zero attached hydrogens (tertiary/aromatic N) is 1. The molecule has 0 atom stereocenters. The van der Waals surface area contributed by atoms with Gasteiger partial charge in [-0.3, -0.25) is 0 Å². The van der Waals surface area contributed by atoms with Gasteiger partial charge < -0.3 is 4.90 Å². The van der Waals surface area contributed by atoms with Crippen LogP contribution < -0.4 is 4.90 Å². The van der Waals surface area contributed by atoms with Crippen LogP contribution in [0.1, 0.15) is 11.0 Å². The lowest BCUT2D eigenvalue weighted by atomic mass is 9.89. The maximum absolute atomic E-state index is 9.87. The summed E-state index contributed by atoms with van der Waals surface area (Å²) in [5.74, 6) is 0. The Balaban J connectivity index is 1.11. The third kappa shape index (κ3) is 7.03. The molecule has 0 aromatic heterocycles. The molecule has 11 aromatic rings. The van der Waals surface area contributed by atoms with Gasteiger partial charge in [0.2, 0.25) is 0 Å². The zero-order valence-corrected chi connectivity index (χ0v) is 33.0. The maximum atomic E-state index is 9.87. The van der Waals surface area contributed by atoms with Crippen LogP contribution in [0.2, 0.25) is 0 Å². The standard InChI is InChI=1S/C60H41N/c1-2-13-47(14-3-1)59-38-33-48-15-8-9-20-58(48)60(59)49-31-36-56(37-32-49)61(57-19-10-18-52(41-57)54-28-26-43-12-5-7-17-51(43)40-54)55-34-29-45(30-35-55)44-21-23-46(24-22-44)53-27-25-42-11-4-6-16-50(42)39-53/h1-41H/i10D,18D,19D,29D,30D,34D,35D,41D. The Hall–Kier alpha value is -8.00. The molecule has 0 unspecified atom stereocenters. The molecule has 0 heterocycles. The molecule has 0 aliphatic carbocycles. The van der Waals surface area contributed by atoms with Gasteiger partial charge in [-0.1, -0.05) is 200 Å². The van der Waals surface area contributed by atoms with Crippen LogP contribution in [0.4, 0.5) is 17.1 Å². The van der Waals surface area contributed by atoms with E-state index >= 15 is 0 Å². The number of hydrogen-bond acceptors (Lipinski definition) is 1. The van der Waals surface area contributed by atoms with Gasteiger partial charge in [0.25, 0.3) is 0 Å². The fourth-order valence-corrected chi connectivity index (χ4v) is 8.28. The first-order valence-corrected chi connectivity index (χ1v) is 20.3. The summed E-state index contributed by atoms with van der Waals surface area (Å²) < 4.78 is 76.1. The number of anilines is 3. The smallest absolute Gasteiger partial charge is 0.0651 e. The molecule has 11 rings (SSSR count). The van der Waals surface area contributed by atoms with E-state index in [0.717, 1.165) is 65.7 Å².